The molecule has 0 aliphatic heterocycles. The average molecular weight is 343 g/mol. The Kier molecular flexibility index (Phi) is 6.03. The van der Waals surface area contributed by atoms with E-state index in [1.165, 1.54) is 18.2 Å². The fourth-order valence-corrected chi connectivity index (χ4v) is 2.93. The summed E-state index contributed by atoms with van der Waals surface area (Å²) >= 11 is 0. The molecule has 2 aromatic rings. The van der Waals surface area contributed by atoms with E-state index in [9.17, 15) is 13.2 Å². The number of sulfonamides is 1. The third-order valence-corrected chi connectivity index (χ3v) is 4.30. The maximum absolute atomic E-state index is 12.4. The summed E-state index contributed by atoms with van der Waals surface area (Å²) in [5.41, 5.74) is 0.741. The number of hydrogen-bond acceptors (Lipinski definition) is 4. The second-order valence-electron chi connectivity index (χ2n) is 4.72. The smallest absolute Gasteiger partial charge is 0.330 e. The van der Waals surface area contributed by atoms with Gasteiger partial charge in [-0.3, -0.25) is 0 Å². The van der Waals surface area contributed by atoms with Crippen LogP contribution in [0.1, 0.15) is 12.5 Å². The SMILES string of the molecule is CCOC(=O)/C=C/C(=N/S(=O)(=O)c1ccccc1)c1ccccc1. The third-order valence-electron chi connectivity index (χ3n) is 2.99. The molecule has 0 bridgehead atoms. The predicted octanol–water partition coefficient (Wildman–Crippen LogP) is 2.98. The highest BCUT2D eigenvalue weighted by Gasteiger charge is 2.14. The van der Waals surface area contributed by atoms with Gasteiger partial charge in [0.2, 0.25) is 0 Å². The Morgan fingerprint density at radius 3 is 2.17 bits per heavy atom. The van der Waals surface area contributed by atoms with Gasteiger partial charge in [-0.2, -0.15) is 12.8 Å². The van der Waals surface area contributed by atoms with Crippen LogP contribution in [-0.2, 0) is 19.6 Å². The van der Waals surface area contributed by atoms with Crippen molar-refractivity contribution in [3.8, 4) is 0 Å². The van der Waals surface area contributed by atoms with Gasteiger partial charge in [0.1, 0.15) is 0 Å². The fraction of sp³-hybridized carbons (Fsp3) is 0.111. The van der Waals surface area contributed by atoms with Crippen LogP contribution in [0.25, 0.3) is 0 Å². The maximum atomic E-state index is 12.4. The Hall–Kier alpha value is -2.73. The van der Waals surface area contributed by atoms with Gasteiger partial charge in [0.15, 0.2) is 0 Å². The highest BCUT2D eigenvalue weighted by Crippen LogP contribution is 2.14. The largest absolute Gasteiger partial charge is 0.463 e. The van der Waals surface area contributed by atoms with E-state index < -0.39 is 16.0 Å². The van der Waals surface area contributed by atoms with E-state index in [1.807, 2.05) is 6.07 Å². The molecule has 2 aromatic carbocycles. The first-order chi connectivity index (χ1) is 11.5. The summed E-state index contributed by atoms with van der Waals surface area (Å²) in [5, 5.41) is 0. The van der Waals surface area contributed by atoms with E-state index in [4.69, 9.17) is 4.74 Å². The van der Waals surface area contributed by atoms with E-state index >= 15 is 0 Å². The number of benzene rings is 2. The molecule has 0 saturated heterocycles. The lowest BCUT2D eigenvalue weighted by Crippen LogP contribution is -2.06. The van der Waals surface area contributed by atoms with Crippen LogP contribution in [-0.4, -0.2) is 26.7 Å². The summed E-state index contributed by atoms with van der Waals surface area (Å²) in [4.78, 5) is 11.6. The van der Waals surface area contributed by atoms with Crippen molar-refractivity contribution in [3.05, 3.63) is 78.4 Å². The molecule has 5 nitrogen and oxygen atoms in total. The fourth-order valence-electron chi connectivity index (χ4n) is 1.90. The zero-order valence-corrected chi connectivity index (χ0v) is 13.9. The van der Waals surface area contributed by atoms with Gasteiger partial charge in [-0.1, -0.05) is 48.5 Å². The summed E-state index contributed by atoms with van der Waals surface area (Å²) in [5.74, 6) is -0.557. The minimum atomic E-state index is -3.88. The summed E-state index contributed by atoms with van der Waals surface area (Å²) in [6, 6.07) is 16.7. The van der Waals surface area contributed by atoms with Gasteiger partial charge >= 0.3 is 5.97 Å². The standard InChI is InChI=1S/C18H17NO4S/c1-2-23-18(20)14-13-17(15-9-5-3-6-10-15)19-24(21,22)16-11-7-4-8-12-16/h3-14H,2H2,1H3/b14-13+,19-17-. The number of nitrogens with zero attached hydrogens (tertiary/aromatic N) is 1. The van der Waals surface area contributed by atoms with Gasteiger partial charge < -0.3 is 4.74 Å². The van der Waals surface area contributed by atoms with Crippen LogP contribution in [0.5, 0.6) is 0 Å². The summed E-state index contributed by atoms with van der Waals surface area (Å²) < 4.78 is 33.6. The molecular weight excluding hydrogens is 326 g/mol. The topological polar surface area (TPSA) is 72.8 Å². The van der Waals surface area contributed by atoms with Crippen LogP contribution in [0.2, 0.25) is 0 Å². The molecule has 0 saturated carbocycles. The molecule has 0 amide bonds. The quantitative estimate of drug-likeness (QED) is 0.459. The van der Waals surface area contributed by atoms with Crippen molar-refractivity contribution in [3.63, 3.8) is 0 Å². The van der Waals surface area contributed by atoms with Crippen molar-refractivity contribution in [1.82, 2.24) is 0 Å². The molecule has 0 aromatic heterocycles. The van der Waals surface area contributed by atoms with Crippen molar-refractivity contribution < 1.29 is 17.9 Å². The molecule has 0 fully saturated rings. The molecule has 2 rings (SSSR count). The minimum absolute atomic E-state index is 0.0861. The third kappa shape index (κ3) is 4.89. The lowest BCUT2D eigenvalue weighted by atomic mass is 10.1. The van der Waals surface area contributed by atoms with Gasteiger partial charge in [0.05, 0.1) is 17.2 Å². The van der Waals surface area contributed by atoms with Gasteiger partial charge in [0, 0.05) is 11.6 Å². The number of hydrogen-bond donors (Lipinski definition) is 0. The minimum Gasteiger partial charge on any atom is -0.463 e. The van der Waals surface area contributed by atoms with Crippen LogP contribution >= 0.6 is 0 Å². The second-order valence-corrected chi connectivity index (χ2v) is 6.32. The first-order valence-electron chi connectivity index (χ1n) is 7.33. The Bertz CT molecular complexity index is 841. The number of carbonyl (C=O) groups excluding carboxylic acids is 1. The molecule has 0 aliphatic carbocycles. The maximum Gasteiger partial charge on any atom is 0.330 e. The molecule has 0 unspecified atom stereocenters. The van der Waals surface area contributed by atoms with E-state index in [-0.39, 0.29) is 17.2 Å². The molecule has 0 N–H and O–H groups in total. The summed E-state index contributed by atoms with van der Waals surface area (Å²) in [6.07, 6.45) is 2.50. The lowest BCUT2D eigenvalue weighted by molar-refractivity contribution is -0.137. The summed E-state index contributed by atoms with van der Waals surface area (Å²) in [6.45, 7) is 1.93. The highest BCUT2D eigenvalue weighted by molar-refractivity contribution is 7.90. The van der Waals surface area contributed by atoms with Gasteiger partial charge in [-0.05, 0) is 25.1 Å². The second kappa shape index (κ2) is 8.21. The number of allylic oxidation sites excluding steroid dienone is 1. The van der Waals surface area contributed by atoms with E-state index in [2.05, 4.69) is 4.40 Å². The molecule has 0 atom stereocenters. The zero-order valence-electron chi connectivity index (χ0n) is 13.1. The van der Waals surface area contributed by atoms with Crippen molar-refractivity contribution in [2.45, 2.75) is 11.8 Å². The van der Waals surface area contributed by atoms with Crippen molar-refractivity contribution in [2.24, 2.45) is 4.40 Å². The first-order valence-corrected chi connectivity index (χ1v) is 8.77. The first kappa shape index (κ1) is 17.6. The molecule has 24 heavy (non-hydrogen) atoms. The molecule has 0 heterocycles. The monoisotopic (exact) mass is 343 g/mol. The Morgan fingerprint density at radius 1 is 1.00 bits per heavy atom. The molecule has 0 spiro atoms. The normalized spacial score (nSPS) is 12.3. The number of esters is 1. The van der Waals surface area contributed by atoms with Gasteiger partial charge in [0.25, 0.3) is 10.0 Å². The van der Waals surface area contributed by atoms with E-state index in [0.29, 0.717) is 5.56 Å². The number of carbonyl (C=O) groups is 1. The van der Waals surface area contributed by atoms with Crippen LogP contribution < -0.4 is 0 Å². The number of rotatable bonds is 6. The molecule has 124 valence electrons. The predicted molar refractivity (Wildman–Crippen MR) is 92.4 cm³/mol. The summed E-state index contributed by atoms with van der Waals surface area (Å²) in [7, 11) is -3.88. The molecular formula is C18H17NO4S. The van der Waals surface area contributed by atoms with Crippen molar-refractivity contribution in [1.29, 1.82) is 0 Å². The lowest BCUT2D eigenvalue weighted by Gasteiger charge is -2.04. The Morgan fingerprint density at radius 2 is 1.58 bits per heavy atom. The van der Waals surface area contributed by atoms with Gasteiger partial charge in [-0.15, -0.1) is 0 Å². The van der Waals surface area contributed by atoms with Crippen molar-refractivity contribution in [2.75, 3.05) is 6.61 Å². The molecule has 0 radical (unpaired) electrons. The van der Waals surface area contributed by atoms with Crippen LogP contribution in [0.3, 0.4) is 0 Å². The van der Waals surface area contributed by atoms with Gasteiger partial charge in [-0.25, -0.2) is 4.79 Å². The number of ether oxygens (including phenoxy) is 1. The Labute approximate surface area is 141 Å². The van der Waals surface area contributed by atoms with E-state index in [0.717, 1.165) is 6.08 Å². The average Bonchev–Trinajstić information content (AvgIpc) is 2.60. The zero-order chi connectivity index (χ0) is 17.4. The van der Waals surface area contributed by atoms with Crippen LogP contribution in [0, 0.1) is 0 Å². The Balaban J connectivity index is 2.44. The van der Waals surface area contributed by atoms with E-state index in [1.54, 1.807) is 49.4 Å². The molecule has 6 heteroatoms. The molecule has 0 aliphatic rings. The highest BCUT2D eigenvalue weighted by atomic mass is 32.2. The van der Waals surface area contributed by atoms with Crippen LogP contribution in [0.15, 0.2) is 82.1 Å². The van der Waals surface area contributed by atoms with Crippen LogP contribution in [0.4, 0.5) is 0 Å². The van der Waals surface area contributed by atoms with Crippen molar-refractivity contribution >= 4 is 21.7 Å².